The van der Waals surface area contributed by atoms with Crippen molar-refractivity contribution in [2.45, 2.75) is 33.6 Å². The Labute approximate surface area is 86.1 Å². The molecule has 2 atom stereocenters. The van der Waals surface area contributed by atoms with E-state index < -0.39 is 0 Å². The largest absolute Gasteiger partial charge is 0.355 e. The molecule has 0 aliphatic carbocycles. The second-order valence-electron chi connectivity index (χ2n) is 4.28. The monoisotopic (exact) mass is 193 g/mol. The van der Waals surface area contributed by atoms with Crippen LogP contribution in [0.3, 0.4) is 0 Å². The van der Waals surface area contributed by atoms with Crippen LogP contribution in [0.25, 0.3) is 0 Å². The lowest BCUT2D eigenvalue weighted by Gasteiger charge is -2.15. The van der Waals surface area contributed by atoms with Crippen molar-refractivity contribution in [2.75, 3.05) is 6.54 Å². The van der Waals surface area contributed by atoms with Gasteiger partial charge in [-0.05, 0) is 30.9 Å². The maximum Gasteiger partial charge on any atom is 0.220 e. The summed E-state index contributed by atoms with van der Waals surface area (Å²) < 4.78 is 0. The molecule has 0 fully saturated rings. The lowest BCUT2D eigenvalue weighted by molar-refractivity contribution is -0.122. The van der Waals surface area contributed by atoms with Crippen molar-refractivity contribution < 1.29 is 4.79 Å². The summed E-state index contributed by atoms with van der Waals surface area (Å²) in [4.78, 5) is 11.4. The first-order valence-electron chi connectivity index (χ1n) is 5.28. The van der Waals surface area contributed by atoms with E-state index in [1.165, 1.54) is 5.57 Å². The smallest absolute Gasteiger partial charge is 0.220 e. The zero-order valence-corrected chi connectivity index (χ0v) is 9.26. The van der Waals surface area contributed by atoms with E-state index >= 15 is 0 Å². The summed E-state index contributed by atoms with van der Waals surface area (Å²) in [6.45, 7) is 7.01. The van der Waals surface area contributed by atoms with Gasteiger partial charge < -0.3 is 5.32 Å². The van der Waals surface area contributed by atoms with Gasteiger partial charge in [-0.25, -0.2) is 0 Å². The predicted molar refractivity (Wildman–Crippen MR) is 57.8 cm³/mol. The molecule has 1 aliphatic heterocycles. The molecule has 0 spiro atoms. The van der Waals surface area contributed by atoms with Gasteiger partial charge >= 0.3 is 0 Å². The molecule has 0 saturated carbocycles. The molecule has 1 N–H and O–H groups in total. The van der Waals surface area contributed by atoms with Crippen molar-refractivity contribution in [3.05, 3.63) is 17.4 Å². The molecule has 1 aliphatic rings. The van der Waals surface area contributed by atoms with Crippen molar-refractivity contribution in [3.8, 4) is 0 Å². The Hall–Kier alpha value is -1.01. The molecule has 0 aromatic rings. The van der Waals surface area contributed by atoms with Crippen molar-refractivity contribution in [1.82, 2.24) is 5.32 Å². The van der Waals surface area contributed by atoms with E-state index in [9.17, 15) is 4.79 Å². The highest BCUT2D eigenvalue weighted by Gasteiger charge is 2.11. The lowest BCUT2D eigenvalue weighted by atomic mass is 9.99. The van der Waals surface area contributed by atoms with E-state index in [1.54, 1.807) is 0 Å². The summed E-state index contributed by atoms with van der Waals surface area (Å²) in [5, 5.41) is 2.95. The highest BCUT2D eigenvalue weighted by Crippen LogP contribution is 2.12. The van der Waals surface area contributed by atoms with Crippen LogP contribution in [0.15, 0.2) is 17.4 Å². The predicted octanol–water partition coefficient (Wildman–Crippen LogP) is 2.27. The summed E-state index contributed by atoms with van der Waals surface area (Å²) in [5.41, 5.74) is 4.51. The van der Waals surface area contributed by atoms with E-state index in [1.807, 2.05) is 0 Å². The van der Waals surface area contributed by atoms with E-state index in [-0.39, 0.29) is 5.91 Å². The van der Waals surface area contributed by atoms with Gasteiger partial charge in [0.15, 0.2) is 0 Å². The molecule has 2 unspecified atom stereocenters. The molecular weight excluding hydrogens is 174 g/mol. The molecule has 1 rings (SSSR count). The molecule has 1 amide bonds. The number of rotatable bonds is 0. The Morgan fingerprint density at radius 3 is 2.93 bits per heavy atom. The zero-order valence-electron chi connectivity index (χ0n) is 9.26. The first kappa shape index (κ1) is 11.1. The first-order valence-corrected chi connectivity index (χ1v) is 5.28. The number of amides is 1. The fraction of sp³-hybridized carbons (Fsp3) is 0.667. The topological polar surface area (TPSA) is 29.1 Å². The van der Waals surface area contributed by atoms with Crippen LogP contribution in [0.2, 0.25) is 0 Å². The molecule has 2 nitrogen and oxygen atoms in total. The van der Waals surface area contributed by atoms with Crippen molar-refractivity contribution in [3.63, 3.8) is 0 Å². The van der Waals surface area contributed by atoms with Gasteiger partial charge in [0.1, 0.15) is 0 Å². The minimum absolute atomic E-state index is 0.174. The van der Waals surface area contributed by atoms with Crippen LogP contribution in [0, 0.1) is 11.8 Å². The van der Waals surface area contributed by atoms with E-state index in [0.717, 1.165) is 13.0 Å². The summed E-state index contributed by atoms with van der Waals surface area (Å²) in [7, 11) is 0. The maximum absolute atomic E-state index is 11.4. The third-order valence-electron chi connectivity index (χ3n) is 2.73. The van der Waals surface area contributed by atoms with Gasteiger partial charge in [-0.15, -0.1) is 5.73 Å². The third-order valence-corrected chi connectivity index (χ3v) is 2.73. The summed E-state index contributed by atoms with van der Waals surface area (Å²) in [6, 6.07) is 0. The minimum atomic E-state index is 0.174. The summed E-state index contributed by atoms with van der Waals surface area (Å²) >= 11 is 0. The number of hydrogen-bond donors (Lipinski definition) is 1. The van der Waals surface area contributed by atoms with Gasteiger partial charge in [0.25, 0.3) is 0 Å². The van der Waals surface area contributed by atoms with Gasteiger partial charge in [0, 0.05) is 18.9 Å². The van der Waals surface area contributed by atoms with E-state index in [4.69, 9.17) is 0 Å². The Morgan fingerprint density at radius 2 is 2.21 bits per heavy atom. The highest BCUT2D eigenvalue weighted by atomic mass is 16.1. The highest BCUT2D eigenvalue weighted by molar-refractivity contribution is 5.76. The molecule has 0 bridgehead atoms. The van der Waals surface area contributed by atoms with Crippen LogP contribution in [0.1, 0.15) is 33.6 Å². The van der Waals surface area contributed by atoms with Gasteiger partial charge in [0.2, 0.25) is 5.91 Å². The van der Waals surface area contributed by atoms with Crippen LogP contribution in [-0.4, -0.2) is 12.5 Å². The van der Waals surface area contributed by atoms with Gasteiger partial charge in [-0.2, -0.15) is 0 Å². The molecule has 2 heteroatoms. The summed E-state index contributed by atoms with van der Waals surface area (Å²) in [5.74, 6) is 0.986. The molecule has 0 saturated heterocycles. The Morgan fingerprint density at radius 1 is 1.50 bits per heavy atom. The fourth-order valence-electron chi connectivity index (χ4n) is 1.46. The van der Waals surface area contributed by atoms with Crippen LogP contribution >= 0.6 is 0 Å². The second-order valence-corrected chi connectivity index (χ2v) is 4.28. The molecule has 1 heterocycles. The maximum atomic E-state index is 11.4. The lowest BCUT2D eigenvalue weighted by Crippen LogP contribution is -2.29. The average molecular weight is 193 g/mol. The van der Waals surface area contributed by atoms with Gasteiger partial charge in [0.05, 0.1) is 0 Å². The Balaban J connectivity index is 2.75. The summed E-state index contributed by atoms with van der Waals surface area (Å²) in [6.07, 6.45) is 3.64. The first-order chi connectivity index (χ1) is 6.59. The third kappa shape index (κ3) is 3.39. The quantitative estimate of drug-likeness (QED) is 0.587. The van der Waals surface area contributed by atoms with E-state index in [2.05, 4.69) is 37.9 Å². The van der Waals surface area contributed by atoms with Gasteiger partial charge in [-0.1, -0.05) is 13.8 Å². The second kappa shape index (κ2) is 5.02. The van der Waals surface area contributed by atoms with Gasteiger partial charge in [-0.3, -0.25) is 4.79 Å². The number of hydrogen-bond acceptors (Lipinski definition) is 1. The van der Waals surface area contributed by atoms with Crippen LogP contribution in [0.5, 0.6) is 0 Å². The van der Waals surface area contributed by atoms with Crippen LogP contribution < -0.4 is 5.32 Å². The Bertz CT molecular complexity index is 274. The number of carbonyl (C=O) groups excluding carboxylic acids is 1. The standard InChI is InChI=1S/C12H19NO/c1-9-5-4-6-10(2)11(3)8-13-12(14)7-9/h4,9,11H,5,7-8H2,1-3H3,(H,13,14). The molecule has 0 aromatic carbocycles. The SMILES string of the molecule is CC1=C=CCC(C)CC(=O)NCC1C. The average Bonchev–Trinajstić information content (AvgIpc) is 2.12. The van der Waals surface area contributed by atoms with Crippen molar-refractivity contribution in [2.24, 2.45) is 11.8 Å². The molecule has 14 heavy (non-hydrogen) atoms. The number of carbonyl (C=O) groups is 1. The Kier molecular flexibility index (Phi) is 3.97. The van der Waals surface area contributed by atoms with E-state index in [0.29, 0.717) is 18.3 Å². The van der Waals surface area contributed by atoms with Crippen LogP contribution in [0.4, 0.5) is 0 Å². The normalized spacial score (nSPS) is 29.4. The van der Waals surface area contributed by atoms with Crippen molar-refractivity contribution >= 4 is 5.91 Å². The van der Waals surface area contributed by atoms with Crippen LogP contribution in [-0.2, 0) is 4.79 Å². The fourth-order valence-corrected chi connectivity index (χ4v) is 1.46. The molecule has 78 valence electrons. The minimum Gasteiger partial charge on any atom is -0.355 e. The zero-order chi connectivity index (χ0) is 10.6. The molecule has 0 aromatic heterocycles. The molecule has 0 radical (unpaired) electrons. The molecular formula is C12H19NO. The van der Waals surface area contributed by atoms with Crippen molar-refractivity contribution in [1.29, 1.82) is 0 Å². The number of nitrogens with one attached hydrogen (secondary N) is 1.